The fourth-order valence-electron chi connectivity index (χ4n) is 2.97. The first-order valence-corrected chi connectivity index (χ1v) is 8.01. The van der Waals surface area contributed by atoms with Crippen molar-refractivity contribution in [1.29, 1.82) is 0 Å². The number of phenolic OH excluding ortho intramolecular Hbond substituents is 1. The van der Waals surface area contributed by atoms with Crippen LogP contribution in [-0.2, 0) is 6.42 Å². The molecule has 0 saturated heterocycles. The van der Waals surface area contributed by atoms with Gasteiger partial charge in [0, 0.05) is 10.9 Å². The number of phenols is 1. The van der Waals surface area contributed by atoms with Crippen LogP contribution < -0.4 is 0 Å². The Morgan fingerprint density at radius 2 is 1.46 bits per heavy atom. The number of para-hydroxylation sites is 1. The third kappa shape index (κ3) is 2.86. The Morgan fingerprint density at radius 3 is 2.25 bits per heavy atom. The smallest absolute Gasteiger partial charge is 0.115 e. The summed E-state index contributed by atoms with van der Waals surface area (Å²) in [6.07, 6.45) is 0.780. The van der Waals surface area contributed by atoms with Gasteiger partial charge in [0.1, 0.15) is 5.75 Å². The van der Waals surface area contributed by atoms with E-state index in [2.05, 4.69) is 24.3 Å². The van der Waals surface area contributed by atoms with E-state index in [1.54, 1.807) is 12.1 Å². The average molecular weight is 311 g/mol. The SMILES string of the molecule is Oc1ccc(Cc2cc3ccccc3nc2-c2ccccc2)cc1. The molecule has 0 radical (unpaired) electrons. The van der Waals surface area contributed by atoms with Crippen molar-refractivity contribution < 1.29 is 5.11 Å². The molecular weight excluding hydrogens is 294 g/mol. The molecule has 0 aliphatic carbocycles. The molecule has 1 heterocycles. The molecule has 1 aromatic heterocycles. The van der Waals surface area contributed by atoms with Gasteiger partial charge in [-0.1, -0.05) is 60.7 Å². The van der Waals surface area contributed by atoms with Gasteiger partial charge in [-0.2, -0.15) is 0 Å². The van der Waals surface area contributed by atoms with E-state index in [1.165, 1.54) is 5.56 Å². The second-order valence-electron chi connectivity index (χ2n) is 5.90. The molecule has 0 unspecified atom stereocenters. The molecule has 0 aliphatic heterocycles. The highest BCUT2D eigenvalue weighted by molar-refractivity contribution is 5.83. The maximum atomic E-state index is 9.48. The van der Waals surface area contributed by atoms with E-state index in [0.717, 1.165) is 34.1 Å². The lowest BCUT2D eigenvalue weighted by Gasteiger charge is -2.11. The Hall–Kier alpha value is -3.13. The minimum atomic E-state index is 0.290. The number of rotatable bonds is 3. The lowest BCUT2D eigenvalue weighted by Crippen LogP contribution is -1.96. The maximum absolute atomic E-state index is 9.48. The highest BCUT2D eigenvalue weighted by Gasteiger charge is 2.10. The molecule has 24 heavy (non-hydrogen) atoms. The van der Waals surface area contributed by atoms with E-state index in [-0.39, 0.29) is 0 Å². The summed E-state index contributed by atoms with van der Waals surface area (Å²) in [5.41, 5.74) is 5.48. The zero-order valence-electron chi connectivity index (χ0n) is 13.2. The normalized spacial score (nSPS) is 10.8. The molecule has 0 atom stereocenters. The summed E-state index contributed by atoms with van der Waals surface area (Å²) in [4.78, 5) is 4.91. The first-order valence-electron chi connectivity index (χ1n) is 8.01. The van der Waals surface area contributed by atoms with Crippen molar-refractivity contribution in [2.75, 3.05) is 0 Å². The molecule has 2 nitrogen and oxygen atoms in total. The molecule has 0 bridgehead atoms. The van der Waals surface area contributed by atoms with E-state index in [9.17, 15) is 5.11 Å². The Balaban J connectivity index is 1.86. The quantitative estimate of drug-likeness (QED) is 0.564. The number of hydrogen-bond donors (Lipinski definition) is 1. The van der Waals surface area contributed by atoms with Crippen molar-refractivity contribution in [2.24, 2.45) is 0 Å². The molecule has 0 saturated carbocycles. The summed E-state index contributed by atoms with van der Waals surface area (Å²) in [5.74, 6) is 0.290. The molecular formula is C22H17NO. The van der Waals surface area contributed by atoms with Crippen LogP contribution in [0, 0.1) is 0 Å². The van der Waals surface area contributed by atoms with Crippen LogP contribution in [0.3, 0.4) is 0 Å². The number of pyridine rings is 1. The van der Waals surface area contributed by atoms with Gasteiger partial charge in [0.25, 0.3) is 0 Å². The van der Waals surface area contributed by atoms with Crippen molar-refractivity contribution in [2.45, 2.75) is 6.42 Å². The summed E-state index contributed by atoms with van der Waals surface area (Å²) in [6.45, 7) is 0. The van der Waals surface area contributed by atoms with Crippen LogP contribution in [0.15, 0.2) is 84.9 Å². The van der Waals surface area contributed by atoms with Crippen molar-refractivity contribution in [3.05, 3.63) is 96.1 Å². The van der Waals surface area contributed by atoms with E-state index < -0.39 is 0 Å². The highest BCUT2D eigenvalue weighted by atomic mass is 16.3. The average Bonchev–Trinajstić information content (AvgIpc) is 2.64. The maximum Gasteiger partial charge on any atom is 0.115 e. The van der Waals surface area contributed by atoms with Crippen LogP contribution in [-0.4, -0.2) is 10.1 Å². The summed E-state index contributed by atoms with van der Waals surface area (Å²) in [7, 11) is 0. The van der Waals surface area contributed by atoms with Gasteiger partial charge in [-0.25, -0.2) is 4.98 Å². The predicted molar refractivity (Wildman–Crippen MR) is 98.1 cm³/mol. The highest BCUT2D eigenvalue weighted by Crippen LogP contribution is 2.27. The summed E-state index contributed by atoms with van der Waals surface area (Å²) >= 11 is 0. The molecule has 2 heteroatoms. The molecule has 4 rings (SSSR count). The fourth-order valence-corrected chi connectivity index (χ4v) is 2.97. The van der Waals surface area contributed by atoms with Crippen LogP contribution in [0.4, 0.5) is 0 Å². The lowest BCUT2D eigenvalue weighted by atomic mass is 9.97. The van der Waals surface area contributed by atoms with Gasteiger partial charge in [0.05, 0.1) is 11.2 Å². The largest absolute Gasteiger partial charge is 0.508 e. The molecule has 0 aliphatic rings. The molecule has 0 fully saturated rings. The summed E-state index contributed by atoms with van der Waals surface area (Å²) in [6, 6.07) is 28.1. The third-order valence-corrected chi connectivity index (χ3v) is 4.18. The van der Waals surface area contributed by atoms with E-state index in [4.69, 9.17) is 4.98 Å². The van der Waals surface area contributed by atoms with Crippen LogP contribution in [0.2, 0.25) is 0 Å². The third-order valence-electron chi connectivity index (χ3n) is 4.18. The first-order chi connectivity index (χ1) is 11.8. The van der Waals surface area contributed by atoms with Gasteiger partial charge in [0.2, 0.25) is 0 Å². The second kappa shape index (κ2) is 6.17. The molecule has 3 aromatic carbocycles. The molecule has 0 amide bonds. The van der Waals surface area contributed by atoms with E-state index in [1.807, 2.05) is 48.5 Å². The molecule has 1 N–H and O–H groups in total. The lowest BCUT2D eigenvalue weighted by molar-refractivity contribution is 0.475. The second-order valence-corrected chi connectivity index (χ2v) is 5.90. The van der Waals surface area contributed by atoms with Crippen LogP contribution >= 0.6 is 0 Å². The molecule has 0 spiro atoms. The van der Waals surface area contributed by atoms with Crippen molar-refractivity contribution >= 4 is 10.9 Å². The minimum Gasteiger partial charge on any atom is -0.508 e. The number of fused-ring (bicyclic) bond motifs is 1. The topological polar surface area (TPSA) is 33.1 Å². The van der Waals surface area contributed by atoms with Gasteiger partial charge in [-0.05, 0) is 41.8 Å². The van der Waals surface area contributed by atoms with Gasteiger partial charge in [-0.3, -0.25) is 0 Å². The van der Waals surface area contributed by atoms with E-state index >= 15 is 0 Å². The predicted octanol–water partition coefficient (Wildman–Crippen LogP) is 5.20. The van der Waals surface area contributed by atoms with Crippen LogP contribution in [0.1, 0.15) is 11.1 Å². The number of aromatic nitrogens is 1. The number of nitrogens with zero attached hydrogens (tertiary/aromatic N) is 1. The Kier molecular flexibility index (Phi) is 3.72. The van der Waals surface area contributed by atoms with Crippen LogP contribution in [0.5, 0.6) is 5.75 Å². The fraction of sp³-hybridized carbons (Fsp3) is 0.0455. The van der Waals surface area contributed by atoms with Gasteiger partial charge in [-0.15, -0.1) is 0 Å². The van der Waals surface area contributed by atoms with Gasteiger partial charge >= 0.3 is 0 Å². The summed E-state index contributed by atoms with van der Waals surface area (Å²) < 4.78 is 0. The molecule has 4 aromatic rings. The number of hydrogen-bond acceptors (Lipinski definition) is 2. The monoisotopic (exact) mass is 311 g/mol. The standard InChI is InChI=1S/C22H17NO/c24-20-12-10-16(11-13-20)14-19-15-18-8-4-5-9-21(18)23-22(19)17-6-2-1-3-7-17/h1-13,15,24H,14H2. The number of benzene rings is 3. The van der Waals surface area contributed by atoms with E-state index in [0.29, 0.717) is 5.75 Å². The minimum absolute atomic E-state index is 0.290. The Morgan fingerprint density at radius 1 is 0.750 bits per heavy atom. The van der Waals surface area contributed by atoms with Crippen LogP contribution in [0.25, 0.3) is 22.2 Å². The Bertz CT molecular complexity index is 976. The first kappa shape index (κ1) is 14.5. The van der Waals surface area contributed by atoms with Gasteiger partial charge < -0.3 is 5.11 Å². The Labute approximate surface area is 141 Å². The van der Waals surface area contributed by atoms with Gasteiger partial charge in [0.15, 0.2) is 0 Å². The zero-order valence-corrected chi connectivity index (χ0v) is 13.2. The molecule has 116 valence electrons. The number of aromatic hydroxyl groups is 1. The summed E-state index contributed by atoms with van der Waals surface area (Å²) in [5, 5.41) is 10.6. The van der Waals surface area contributed by atoms with Crippen molar-refractivity contribution in [3.63, 3.8) is 0 Å². The zero-order chi connectivity index (χ0) is 16.4. The van der Waals surface area contributed by atoms with Crippen molar-refractivity contribution in [3.8, 4) is 17.0 Å². The van der Waals surface area contributed by atoms with Crippen molar-refractivity contribution in [1.82, 2.24) is 4.98 Å².